The van der Waals surface area contributed by atoms with Gasteiger partial charge in [-0.2, -0.15) is 0 Å². The topological polar surface area (TPSA) is 86.3 Å². The number of benzene rings is 1. The Bertz CT molecular complexity index is 964. The van der Waals surface area contributed by atoms with Crippen molar-refractivity contribution < 1.29 is 9.53 Å². The molecule has 4 rings (SSSR count). The highest BCUT2D eigenvalue weighted by molar-refractivity contribution is 6.30. The van der Waals surface area contributed by atoms with Crippen LogP contribution in [0, 0.1) is 0 Å². The van der Waals surface area contributed by atoms with E-state index in [1.807, 2.05) is 30.5 Å². The summed E-state index contributed by atoms with van der Waals surface area (Å²) in [5.41, 5.74) is 8.83. The van der Waals surface area contributed by atoms with Crippen molar-refractivity contribution in [1.29, 1.82) is 0 Å². The molecule has 0 atom stereocenters. The van der Waals surface area contributed by atoms with Gasteiger partial charge in [-0.3, -0.25) is 0 Å². The standard InChI is InChI=1S/C18H18ClN5O2/c1-2-26-18(25)23-7-13(8-23)24-9-14(11-3-5-12(19)6-4-11)15-16(20)21-10-22-17(15)24/h3-6,9-10,13H,2,7-8H2,1H3,(H2,20,21,22). The molecule has 0 spiro atoms. The zero-order valence-electron chi connectivity index (χ0n) is 14.2. The Morgan fingerprint density at radius 1 is 1.31 bits per heavy atom. The number of carbonyl (C=O) groups is 1. The first-order valence-corrected chi connectivity index (χ1v) is 8.75. The van der Waals surface area contributed by atoms with E-state index in [1.54, 1.807) is 11.8 Å². The first kappa shape index (κ1) is 16.7. The van der Waals surface area contributed by atoms with Crippen LogP contribution in [0.4, 0.5) is 10.6 Å². The van der Waals surface area contributed by atoms with Gasteiger partial charge in [-0.05, 0) is 24.6 Å². The molecule has 0 unspecified atom stereocenters. The Kier molecular flexibility index (Phi) is 4.16. The third-order valence-corrected chi connectivity index (χ3v) is 4.83. The average Bonchev–Trinajstić information content (AvgIpc) is 2.95. The quantitative estimate of drug-likeness (QED) is 0.763. The third kappa shape index (κ3) is 2.74. The number of carbonyl (C=O) groups excluding carboxylic acids is 1. The number of rotatable bonds is 3. The molecule has 1 saturated heterocycles. The molecule has 0 saturated carbocycles. The molecule has 134 valence electrons. The molecule has 1 aromatic carbocycles. The number of likely N-dealkylation sites (tertiary alicyclic amines) is 1. The first-order valence-electron chi connectivity index (χ1n) is 8.37. The van der Waals surface area contributed by atoms with Crippen LogP contribution in [0.3, 0.4) is 0 Å². The van der Waals surface area contributed by atoms with Crippen molar-refractivity contribution >= 4 is 34.5 Å². The molecule has 0 aliphatic carbocycles. The molecule has 1 aliphatic rings. The summed E-state index contributed by atoms with van der Waals surface area (Å²) in [6.45, 7) is 3.32. The number of nitrogen functional groups attached to an aromatic ring is 1. The predicted octanol–water partition coefficient (Wildman–Crippen LogP) is 3.35. The number of hydrogen-bond acceptors (Lipinski definition) is 5. The molecule has 1 fully saturated rings. The van der Waals surface area contributed by atoms with Crippen molar-refractivity contribution in [3.05, 3.63) is 41.8 Å². The molecule has 1 amide bonds. The summed E-state index contributed by atoms with van der Waals surface area (Å²) in [6.07, 6.45) is 3.19. The number of amides is 1. The molecule has 26 heavy (non-hydrogen) atoms. The Morgan fingerprint density at radius 3 is 2.73 bits per heavy atom. The smallest absolute Gasteiger partial charge is 0.409 e. The van der Waals surface area contributed by atoms with Gasteiger partial charge in [0.05, 0.1) is 18.0 Å². The van der Waals surface area contributed by atoms with E-state index in [1.165, 1.54) is 6.33 Å². The molecule has 0 radical (unpaired) electrons. The van der Waals surface area contributed by atoms with Gasteiger partial charge in [0.2, 0.25) is 0 Å². The molecule has 2 aromatic heterocycles. The van der Waals surface area contributed by atoms with E-state index in [2.05, 4.69) is 14.5 Å². The minimum absolute atomic E-state index is 0.122. The van der Waals surface area contributed by atoms with E-state index in [0.717, 1.165) is 22.2 Å². The molecular formula is C18H18ClN5O2. The van der Waals surface area contributed by atoms with Gasteiger partial charge >= 0.3 is 6.09 Å². The van der Waals surface area contributed by atoms with Crippen LogP contribution < -0.4 is 5.73 Å². The summed E-state index contributed by atoms with van der Waals surface area (Å²) in [5.74, 6) is 0.431. The van der Waals surface area contributed by atoms with Crippen molar-refractivity contribution in [2.75, 3.05) is 25.4 Å². The highest BCUT2D eigenvalue weighted by Crippen LogP contribution is 2.36. The number of anilines is 1. The molecule has 1 aliphatic heterocycles. The number of nitrogens with zero attached hydrogens (tertiary/aromatic N) is 4. The van der Waals surface area contributed by atoms with E-state index in [9.17, 15) is 4.79 Å². The Hall–Kier alpha value is -2.80. The lowest BCUT2D eigenvalue weighted by Gasteiger charge is -2.39. The zero-order chi connectivity index (χ0) is 18.3. The minimum atomic E-state index is -0.285. The second kappa shape index (κ2) is 6.49. The van der Waals surface area contributed by atoms with Crippen molar-refractivity contribution in [3.63, 3.8) is 0 Å². The van der Waals surface area contributed by atoms with Crippen molar-refractivity contribution in [1.82, 2.24) is 19.4 Å². The van der Waals surface area contributed by atoms with Gasteiger partial charge < -0.3 is 19.9 Å². The summed E-state index contributed by atoms with van der Waals surface area (Å²) >= 11 is 6.00. The van der Waals surface area contributed by atoms with E-state index in [-0.39, 0.29) is 12.1 Å². The molecule has 3 aromatic rings. The lowest BCUT2D eigenvalue weighted by Crippen LogP contribution is -2.50. The normalized spacial score (nSPS) is 14.5. The number of ether oxygens (including phenoxy) is 1. The van der Waals surface area contributed by atoms with E-state index < -0.39 is 0 Å². The fraction of sp³-hybridized carbons (Fsp3) is 0.278. The highest BCUT2D eigenvalue weighted by Gasteiger charge is 2.34. The van der Waals surface area contributed by atoms with Crippen LogP contribution in [-0.4, -0.2) is 45.2 Å². The summed E-state index contributed by atoms with van der Waals surface area (Å²) in [4.78, 5) is 22.1. The van der Waals surface area contributed by atoms with Crippen molar-refractivity contribution in [3.8, 4) is 11.1 Å². The summed E-state index contributed by atoms with van der Waals surface area (Å²) in [6, 6.07) is 7.69. The summed E-state index contributed by atoms with van der Waals surface area (Å²) < 4.78 is 7.10. The van der Waals surface area contributed by atoms with E-state index >= 15 is 0 Å². The molecule has 0 bridgehead atoms. The van der Waals surface area contributed by atoms with Crippen LogP contribution in [-0.2, 0) is 4.74 Å². The second-order valence-electron chi connectivity index (χ2n) is 6.17. The Morgan fingerprint density at radius 2 is 2.04 bits per heavy atom. The largest absolute Gasteiger partial charge is 0.450 e. The maximum absolute atomic E-state index is 11.8. The van der Waals surface area contributed by atoms with Gasteiger partial charge in [0.15, 0.2) is 0 Å². The number of nitrogens with two attached hydrogens (primary N) is 1. The van der Waals surface area contributed by atoms with Crippen LogP contribution >= 0.6 is 11.6 Å². The fourth-order valence-electron chi connectivity index (χ4n) is 3.23. The van der Waals surface area contributed by atoms with Crippen LogP contribution in [0.2, 0.25) is 5.02 Å². The van der Waals surface area contributed by atoms with Crippen molar-refractivity contribution in [2.45, 2.75) is 13.0 Å². The van der Waals surface area contributed by atoms with Crippen molar-refractivity contribution in [2.24, 2.45) is 0 Å². The van der Waals surface area contributed by atoms with Gasteiger partial charge in [0.1, 0.15) is 17.8 Å². The van der Waals surface area contributed by atoms with E-state index in [4.69, 9.17) is 22.1 Å². The van der Waals surface area contributed by atoms with Crippen LogP contribution in [0.15, 0.2) is 36.8 Å². The Labute approximate surface area is 155 Å². The van der Waals surface area contributed by atoms with Gasteiger partial charge in [0, 0.05) is 29.9 Å². The molecule has 3 heterocycles. The maximum Gasteiger partial charge on any atom is 0.409 e. The minimum Gasteiger partial charge on any atom is -0.450 e. The first-order chi connectivity index (χ1) is 12.6. The van der Waals surface area contributed by atoms with Crippen LogP contribution in [0.5, 0.6) is 0 Å². The van der Waals surface area contributed by atoms with Gasteiger partial charge in [-0.15, -0.1) is 0 Å². The van der Waals surface area contributed by atoms with E-state index in [0.29, 0.717) is 30.5 Å². The maximum atomic E-state index is 11.8. The number of hydrogen-bond donors (Lipinski definition) is 1. The molecule has 8 heteroatoms. The lowest BCUT2D eigenvalue weighted by atomic mass is 10.1. The summed E-state index contributed by atoms with van der Waals surface area (Å²) in [5, 5.41) is 1.48. The monoisotopic (exact) mass is 371 g/mol. The van der Waals surface area contributed by atoms with Crippen LogP contribution in [0.1, 0.15) is 13.0 Å². The zero-order valence-corrected chi connectivity index (χ0v) is 15.0. The van der Waals surface area contributed by atoms with Gasteiger partial charge in [-0.25, -0.2) is 14.8 Å². The number of aromatic nitrogens is 3. The summed E-state index contributed by atoms with van der Waals surface area (Å²) in [7, 11) is 0. The molecular weight excluding hydrogens is 354 g/mol. The molecule has 7 nitrogen and oxygen atoms in total. The highest BCUT2D eigenvalue weighted by atomic mass is 35.5. The Balaban J connectivity index is 1.72. The average molecular weight is 372 g/mol. The fourth-order valence-corrected chi connectivity index (χ4v) is 3.36. The van der Waals surface area contributed by atoms with Gasteiger partial charge in [-0.1, -0.05) is 23.7 Å². The number of fused-ring (bicyclic) bond motifs is 1. The van der Waals surface area contributed by atoms with Gasteiger partial charge in [0.25, 0.3) is 0 Å². The SMILES string of the molecule is CCOC(=O)N1CC(n2cc(-c3ccc(Cl)cc3)c3c(N)ncnc32)C1. The lowest BCUT2D eigenvalue weighted by molar-refractivity contribution is 0.0612. The predicted molar refractivity (Wildman–Crippen MR) is 100 cm³/mol. The number of halogens is 1. The third-order valence-electron chi connectivity index (χ3n) is 4.58. The van der Waals surface area contributed by atoms with Crippen LogP contribution in [0.25, 0.3) is 22.2 Å². The molecule has 2 N–H and O–H groups in total. The second-order valence-corrected chi connectivity index (χ2v) is 6.61.